The van der Waals surface area contributed by atoms with Crippen molar-refractivity contribution in [3.63, 3.8) is 0 Å². The van der Waals surface area contributed by atoms with Gasteiger partial charge in [-0.3, -0.25) is 0 Å². The molecule has 3 nitrogen and oxygen atoms in total. The summed E-state index contributed by atoms with van der Waals surface area (Å²) in [6.45, 7) is 4.85. The van der Waals surface area contributed by atoms with Gasteiger partial charge < -0.3 is 10.2 Å². The highest BCUT2D eigenvalue weighted by Crippen LogP contribution is 2.40. The van der Waals surface area contributed by atoms with Crippen molar-refractivity contribution < 1.29 is 4.79 Å². The van der Waals surface area contributed by atoms with Gasteiger partial charge in [0.1, 0.15) is 5.37 Å². The van der Waals surface area contributed by atoms with Crippen molar-refractivity contribution in [2.24, 2.45) is 0 Å². The van der Waals surface area contributed by atoms with Crippen LogP contribution in [0.5, 0.6) is 0 Å². The summed E-state index contributed by atoms with van der Waals surface area (Å²) in [6.07, 6.45) is 0. The zero-order valence-electron chi connectivity index (χ0n) is 12.1. The average molecular weight is 318 g/mol. The second kappa shape index (κ2) is 6.12. The number of thiophene rings is 1. The standard InChI is InChI=1S/C16H18N2OS2/c1-11-5-3-6-12(2)14(11)17-16(19)18-8-10-21-15(18)13-7-4-9-20-13/h3-7,9,15H,8,10H2,1-2H3,(H,17,19). The van der Waals surface area contributed by atoms with E-state index in [1.807, 2.05) is 54.8 Å². The first-order chi connectivity index (χ1) is 10.2. The summed E-state index contributed by atoms with van der Waals surface area (Å²) < 4.78 is 0. The molecule has 1 saturated heterocycles. The Morgan fingerprint density at radius 3 is 2.67 bits per heavy atom. The maximum absolute atomic E-state index is 12.6. The van der Waals surface area contributed by atoms with Gasteiger partial charge in [-0.2, -0.15) is 0 Å². The van der Waals surface area contributed by atoms with E-state index >= 15 is 0 Å². The van der Waals surface area contributed by atoms with Crippen LogP contribution in [-0.4, -0.2) is 23.2 Å². The number of hydrogen-bond donors (Lipinski definition) is 1. The van der Waals surface area contributed by atoms with Crippen molar-refractivity contribution in [3.8, 4) is 0 Å². The predicted octanol–water partition coefficient (Wildman–Crippen LogP) is 4.64. The van der Waals surface area contributed by atoms with E-state index < -0.39 is 0 Å². The minimum Gasteiger partial charge on any atom is -0.307 e. The predicted molar refractivity (Wildman–Crippen MR) is 91.2 cm³/mol. The number of rotatable bonds is 2. The molecule has 0 saturated carbocycles. The first kappa shape index (κ1) is 14.5. The molecule has 0 bridgehead atoms. The van der Waals surface area contributed by atoms with Crippen molar-refractivity contribution >= 4 is 34.8 Å². The molecule has 2 aromatic rings. The van der Waals surface area contributed by atoms with E-state index in [1.165, 1.54) is 4.88 Å². The second-order valence-corrected chi connectivity index (χ2v) is 7.30. The Morgan fingerprint density at radius 2 is 2.00 bits per heavy atom. The molecular weight excluding hydrogens is 300 g/mol. The molecule has 110 valence electrons. The molecule has 0 radical (unpaired) electrons. The minimum atomic E-state index is -0.00389. The van der Waals surface area contributed by atoms with Crippen LogP contribution in [0.15, 0.2) is 35.7 Å². The van der Waals surface area contributed by atoms with Gasteiger partial charge in [0.05, 0.1) is 0 Å². The summed E-state index contributed by atoms with van der Waals surface area (Å²) in [4.78, 5) is 15.8. The minimum absolute atomic E-state index is 0.00389. The molecule has 2 heterocycles. The summed E-state index contributed by atoms with van der Waals surface area (Å²) >= 11 is 3.54. The largest absolute Gasteiger partial charge is 0.323 e. The van der Waals surface area contributed by atoms with Gasteiger partial charge >= 0.3 is 6.03 Å². The zero-order valence-corrected chi connectivity index (χ0v) is 13.8. The molecular formula is C16H18N2OS2. The number of urea groups is 1. The number of nitrogens with one attached hydrogen (secondary N) is 1. The Kier molecular flexibility index (Phi) is 4.22. The monoisotopic (exact) mass is 318 g/mol. The highest BCUT2D eigenvalue weighted by Gasteiger charge is 2.31. The summed E-state index contributed by atoms with van der Waals surface area (Å²) in [6, 6.07) is 10.2. The molecule has 5 heteroatoms. The Hall–Kier alpha value is -1.46. The van der Waals surface area contributed by atoms with Gasteiger partial charge in [0.15, 0.2) is 0 Å². The van der Waals surface area contributed by atoms with Gasteiger partial charge in [-0.1, -0.05) is 24.3 Å². The third-order valence-corrected chi connectivity index (χ3v) is 5.97. The van der Waals surface area contributed by atoms with Crippen molar-refractivity contribution in [1.29, 1.82) is 0 Å². The summed E-state index contributed by atoms with van der Waals surface area (Å²) in [5.74, 6) is 0.989. The van der Waals surface area contributed by atoms with Gasteiger partial charge in [0, 0.05) is 22.9 Å². The number of aryl methyl sites for hydroxylation is 2. The first-order valence-corrected chi connectivity index (χ1v) is 8.88. The molecule has 0 aliphatic carbocycles. The lowest BCUT2D eigenvalue weighted by Gasteiger charge is -2.24. The lowest BCUT2D eigenvalue weighted by atomic mass is 10.1. The molecule has 0 spiro atoms. The van der Waals surface area contributed by atoms with Crippen LogP contribution in [0.3, 0.4) is 0 Å². The number of anilines is 1. The van der Waals surface area contributed by atoms with Gasteiger partial charge in [-0.15, -0.1) is 23.1 Å². The molecule has 3 rings (SSSR count). The summed E-state index contributed by atoms with van der Waals surface area (Å²) in [5.41, 5.74) is 3.13. The lowest BCUT2D eigenvalue weighted by molar-refractivity contribution is 0.214. The fraction of sp³-hybridized carbons (Fsp3) is 0.312. The highest BCUT2D eigenvalue weighted by molar-refractivity contribution is 7.99. The number of amides is 2. The van der Waals surface area contributed by atoms with E-state index in [2.05, 4.69) is 16.8 Å². The molecule has 1 fully saturated rings. The van der Waals surface area contributed by atoms with Gasteiger partial charge in [0.25, 0.3) is 0 Å². The Labute approximate surface area is 133 Å². The Bertz CT molecular complexity index is 619. The third-order valence-electron chi connectivity index (χ3n) is 3.65. The molecule has 1 unspecified atom stereocenters. The van der Waals surface area contributed by atoms with Gasteiger partial charge in [-0.25, -0.2) is 4.79 Å². The lowest BCUT2D eigenvalue weighted by Crippen LogP contribution is -2.34. The van der Waals surface area contributed by atoms with E-state index in [9.17, 15) is 4.79 Å². The first-order valence-electron chi connectivity index (χ1n) is 6.95. The second-order valence-electron chi connectivity index (χ2n) is 5.13. The van der Waals surface area contributed by atoms with Crippen LogP contribution in [0, 0.1) is 13.8 Å². The molecule has 1 atom stereocenters. The van der Waals surface area contributed by atoms with E-state index in [4.69, 9.17) is 0 Å². The highest BCUT2D eigenvalue weighted by atomic mass is 32.2. The van der Waals surface area contributed by atoms with Crippen molar-refractivity contribution in [2.75, 3.05) is 17.6 Å². The van der Waals surface area contributed by atoms with E-state index in [0.717, 1.165) is 29.1 Å². The molecule has 2 amide bonds. The van der Waals surface area contributed by atoms with Crippen LogP contribution in [0.1, 0.15) is 21.4 Å². The summed E-state index contributed by atoms with van der Waals surface area (Å²) in [7, 11) is 0. The van der Waals surface area contributed by atoms with Crippen molar-refractivity contribution in [3.05, 3.63) is 51.7 Å². The molecule has 1 N–H and O–H groups in total. The summed E-state index contributed by atoms with van der Waals surface area (Å²) in [5, 5.41) is 5.30. The third kappa shape index (κ3) is 2.94. The number of benzene rings is 1. The van der Waals surface area contributed by atoms with Gasteiger partial charge in [-0.05, 0) is 36.4 Å². The number of para-hydroxylation sites is 1. The maximum atomic E-state index is 12.6. The van der Waals surface area contributed by atoms with Crippen LogP contribution in [0.4, 0.5) is 10.5 Å². The fourth-order valence-electron chi connectivity index (χ4n) is 2.54. The molecule has 21 heavy (non-hydrogen) atoms. The fourth-order valence-corrected chi connectivity index (χ4v) is 4.77. The Morgan fingerprint density at radius 1 is 1.24 bits per heavy atom. The van der Waals surface area contributed by atoms with Crippen molar-refractivity contribution in [1.82, 2.24) is 4.90 Å². The number of hydrogen-bond acceptors (Lipinski definition) is 3. The number of carbonyl (C=O) groups excluding carboxylic acids is 1. The number of thioether (sulfide) groups is 1. The SMILES string of the molecule is Cc1cccc(C)c1NC(=O)N1CCSC1c1cccs1. The molecule has 1 aromatic carbocycles. The van der Waals surface area contributed by atoms with Crippen molar-refractivity contribution in [2.45, 2.75) is 19.2 Å². The van der Waals surface area contributed by atoms with Crippen LogP contribution >= 0.6 is 23.1 Å². The Balaban J connectivity index is 1.79. The average Bonchev–Trinajstić information content (AvgIpc) is 3.12. The zero-order chi connectivity index (χ0) is 14.8. The van der Waals surface area contributed by atoms with Crippen LogP contribution in [0.2, 0.25) is 0 Å². The molecule has 1 aromatic heterocycles. The van der Waals surface area contributed by atoms with E-state index in [1.54, 1.807) is 11.3 Å². The quantitative estimate of drug-likeness (QED) is 0.874. The van der Waals surface area contributed by atoms with E-state index in [-0.39, 0.29) is 11.4 Å². The maximum Gasteiger partial charge on any atom is 0.323 e. The molecule has 1 aliphatic rings. The number of nitrogens with zero attached hydrogens (tertiary/aromatic N) is 1. The topological polar surface area (TPSA) is 32.3 Å². The van der Waals surface area contributed by atoms with Crippen LogP contribution in [-0.2, 0) is 0 Å². The molecule has 1 aliphatic heterocycles. The number of carbonyl (C=O) groups is 1. The normalized spacial score (nSPS) is 18.0. The van der Waals surface area contributed by atoms with Crippen LogP contribution in [0.25, 0.3) is 0 Å². The van der Waals surface area contributed by atoms with E-state index in [0.29, 0.717) is 0 Å². The van der Waals surface area contributed by atoms with Gasteiger partial charge in [0.2, 0.25) is 0 Å². The van der Waals surface area contributed by atoms with Crippen LogP contribution < -0.4 is 5.32 Å². The smallest absolute Gasteiger partial charge is 0.307 e.